The number of H-pyrrole nitrogens is 1. The summed E-state index contributed by atoms with van der Waals surface area (Å²) >= 11 is 5.85. The second-order valence-corrected chi connectivity index (χ2v) is 9.33. The molecule has 1 aliphatic rings. The van der Waals surface area contributed by atoms with Crippen LogP contribution in [-0.4, -0.2) is 30.1 Å². The van der Waals surface area contributed by atoms with Crippen molar-refractivity contribution in [2.75, 3.05) is 12.4 Å². The van der Waals surface area contributed by atoms with E-state index >= 15 is 0 Å². The fourth-order valence-electron chi connectivity index (χ4n) is 3.74. The van der Waals surface area contributed by atoms with Crippen molar-refractivity contribution in [2.24, 2.45) is 0 Å². The molecule has 146 valence electrons. The Morgan fingerprint density at radius 3 is 2.64 bits per heavy atom. The highest BCUT2D eigenvalue weighted by atomic mass is 35.5. The van der Waals surface area contributed by atoms with Gasteiger partial charge in [-0.25, -0.2) is 8.42 Å². The number of hydrogen-bond acceptors (Lipinski definition) is 2. The van der Waals surface area contributed by atoms with Crippen LogP contribution in [0.15, 0.2) is 59.5 Å². The van der Waals surface area contributed by atoms with E-state index in [2.05, 4.69) is 11.1 Å². The molecule has 1 aliphatic heterocycles. The summed E-state index contributed by atoms with van der Waals surface area (Å²) in [5.41, 5.74) is 4.88. The molecule has 0 saturated carbocycles. The average Bonchev–Trinajstić information content (AvgIpc) is 3.07. The van der Waals surface area contributed by atoms with Crippen molar-refractivity contribution in [3.8, 4) is 0 Å². The number of nitrogens with zero attached hydrogens (tertiary/aromatic N) is 1. The first-order valence-corrected chi connectivity index (χ1v) is 11.5. The van der Waals surface area contributed by atoms with Gasteiger partial charge in [-0.1, -0.05) is 42.0 Å². The number of allylic oxidation sites excluding steroid dienone is 1. The largest absolute Gasteiger partial charge is 0.353 e. The summed E-state index contributed by atoms with van der Waals surface area (Å²) in [4.78, 5) is 3.77. The van der Waals surface area contributed by atoms with Crippen molar-refractivity contribution in [1.82, 2.24) is 9.29 Å². The molecular formula is C22H23ClN2O2S. The van der Waals surface area contributed by atoms with Crippen LogP contribution in [0, 0.1) is 6.92 Å². The van der Waals surface area contributed by atoms with Crippen molar-refractivity contribution in [3.05, 3.63) is 71.4 Å². The number of rotatable bonds is 5. The molecule has 0 radical (unpaired) electrons. The van der Waals surface area contributed by atoms with Gasteiger partial charge in [0.15, 0.2) is 0 Å². The van der Waals surface area contributed by atoms with E-state index < -0.39 is 10.0 Å². The van der Waals surface area contributed by atoms with Crippen LogP contribution in [-0.2, 0) is 16.4 Å². The SMILES string of the molecule is Cc1ccc(S(=O)(=O)N2CCc3c([nH]c4ccccc34)/C2=C/CCCCl)cc1. The number of benzene rings is 2. The minimum atomic E-state index is -3.63. The maximum absolute atomic E-state index is 13.4. The second kappa shape index (κ2) is 7.64. The van der Waals surface area contributed by atoms with Crippen LogP contribution in [0.25, 0.3) is 16.6 Å². The van der Waals surface area contributed by atoms with Crippen LogP contribution < -0.4 is 0 Å². The summed E-state index contributed by atoms with van der Waals surface area (Å²) < 4.78 is 28.4. The van der Waals surface area contributed by atoms with Crippen molar-refractivity contribution in [3.63, 3.8) is 0 Å². The summed E-state index contributed by atoms with van der Waals surface area (Å²) in [6.45, 7) is 2.38. The van der Waals surface area contributed by atoms with Crippen LogP contribution in [0.2, 0.25) is 0 Å². The summed E-state index contributed by atoms with van der Waals surface area (Å²) in [6, 6.07) is 15.2. The number of hydrogen-bond donors (Lipinski definition) is 1. The summed E-state index contributed by atoms with van der Waals surface area (Å²) in [5, 5.41) is 1.16. The summed E-state index contributed by atoms with van der Waals surface area (Å²) in [6.07, 6.45) is 4.21. The highest BCUT2D eigenvalue weighted by Gasteiger charge is 2.33. The number of fused-ring (bicyclic) bond motifs is 3. The number of halogens is 1. The molecule has 0 saturated heterocycles. The summed E-state index contributed by atoms with van der Waals surface area (Å²) in [5.74, 6) is 0.550. The Labute approximate surface area is 170 Å². The Kier molecular flexibility index (Phi) is 5.21. The first kappa shape index (κ1) is 19.1. The molecule has 1 N–H and O–H groups in total. The molecule has 4 nitrogen and oxygen atoms in total. The average molecular weight is 415 g/mol. The highest BCUT2D eigenvalue weighted by Crippen LogP contribution is 2.37. The van der Waals surface area contributed by atoms with Gasteiger partial charge >= 0.3 is 0 Å². The maximum Gasteiger partial charge on any atom is 0.264 e. The van der Waals surface area contributed by atoms with Crippen molar-refractivity contribution in [2.45, 2.75) is 31.1 Å². The van der Waals surface area contributed by atoms with Crippen LogP contribution in [0.1, 0.15) is 29.7 Å². The molecule has 6 heteroatoms. The lowest BCUT2D eigenvalue weighted by atomic mass is 10.0. The third-order valence-electron chi connectivity index (χ3n) is 5.19. The number of aromatic amines is 1. The Morgan fingerprint density at radius 1 is 1.14 bits per heavy atom. The molecule has 0 atom stereocenters. The van der Waals surface area contributed by atoms with E-state index in [0.717, 1.165) is 40.7 Å². The van der Waals surface area contributed by atoms with E-state index in [-0.39, 0.29) is 0 Å². The lowest BCUT2D eigenvalue weighted by Gasteiger charge is -2.31. The zero-order valence-corrected chi connectivity index (χ0v) is 17.4. The minimum Gasteiger partial charge on any atom is -0.353 e. The molecule has 0 amide bonds. The molecular weight excluding hydrogens is 392 g/mol. The number of alkyl halides is 1. The molecule has 4 rings (SSSR count). The molecule has 28 heavy (non-hydrogen) atoms. The van der Waals surface area contributed by atoms with E-state index in [1.54, 1.807) is 16.4 Å². The van der Waals surface area contributed by atoms with Gasteiger partial charge in [0, 0.05) is 23.3 Å². The Hall–Kier alpha value is -2.24. The van der Waals surface area contributed by atoms with E-state index in [1.165, 1.54) is 5.56 Å². The molecule has 0 bridgehead atoms. The van der Waals surface area contributed by atoms with Crippen LogP contribution >= 0.6 is 11.6 Å². The summed E-state index contributed by atoms with van der Waals surface area (Å²) in [7, 11) is -3.63. The van der Waals surface area contributed by atoms with Gasteiger partial charge < -0.3 is 4.98 Å². The first-order valence-electron chi connectivity index (χ1n) is 9.48. The molecule has 3 aromatic rings. The van der Waals surface area contributed by atoms with Gasteiger partial charge in [0.2, 0.25) is 0 Å². The van der Waals surface area contributed by atoms with Crippen molar-refractivity contribution < 1.29 is 8.42 Å². The first-order chi connectivity index (χ1) is 13.5. The van der Waals surface area contributed by atoms with Gasteiger partial charge in [-0.05, 0) is 49.9 Å². The van der Waals surface area contributed by atoms with Crippen LogP contribution in [0.3, 0.4) is 0 Å². The third-order valence-corrected chi connectivity index (χ3v) is 7.28. The Balaban J connectivity index is 1.83. The van der Waals surface area contributed by atoms with Crippen molar-refractivity contribution >= 4 is 38.2 Å². The molecule has 0 spiro atoms. The van der Waals surface area contributed by atoms with Crippen LogP contribution in [0.4, 0.5) is 0 Å². The van der Waals surface area contributed by atoms with Gasteiger partial charge in [-0.15, -0.1) is 11.6 Å². The highest BCUT2D eigenvalue weighted by molar-refractivity contribution is 7.89. The molecule has 2 aromatic carbocycles. The molecule has 0 unspecified atom stereocenters. The van der Waals surface area contributed by atoms with E-state index in [9.17, 15) is 8.42 Å². The van der Waals surface area contributed by atoms with Gasteiger partial charge in [0.25, 0.3) is 10.0 Å². The smallest absolute Gasteiger partial charge is 0.264 e. The zero-order valence-electron chi connectivity index (χ0n) is 15.8. The second-order valence-electron chi connectivity index (χ2n) is 7.08. The van der Waals surface area contributed by atoms with E-state index in [1.807, 2.05) is 43.3 Å². The molecule has 2 heterocycles. The van der Waals surface area contributed by atoms with E-state index in [0.29, 0.717) is 23.7 Å². The number of unbranched alkanes of at least 4 members (excludes halogenated alkanes) is 1. The normalized spacial score (nSPS) is 15.9. The quantitative estimate of drug-likeness (QED) is 0.467. The fourth-order valence-corrected chi connectivity index (χ4v) is 5.39. The number of nitrogens with one attached hydrogen (secondary N) is 1. The maximum atomic E-state index is 13.4. The fraction of sp³-hybridized carbons (Fsp3) is 0.273. The van der Waals surface area contributed by atoms with Gasteiger partial charge in [-0.2, -0.15) is 0 Å². The lowest BCUT2D eigenvalue weighted by molar-refractivity contribution is 0.502. The minimum absolute atomic E-state index is 0.320. The third kappa shape index (κ3) is 3.33. The van der Waals surface area contributed by atoms with Gasteiger partial charge in [-0.3, -0.25) is 4.31 Å². The molecule has 0 aliphatic carbocycles. The lowest BCUT2D eigenvalue weighted by Crippen LogP contribution is -2.35. The Bertz CT molecular complexity index is 1130. The Morgan fingerprint density at radius 2 is 1.89 bits per heavy atom. The predicted molar refractivity (Wildman–Crippen MR) is 115 cm³/mol. The number of aromatic nitrogens is 1. The van der Waals surface area contributed by atoms with Gasteiger partial charge in [0.05, 0.1) is 16.3 Å². The van der Waals surface area contributed by atoms with E-state index in [4.69, 9.17) is 11.6 Å². The number of aryl methyl sites for hydroxylation is 1. The molecule has 1 aromatic heterocycles. The number of sulfonamides is 1. The van der Waals surface area contributed by atoms with Crippen LogP contribution in [0.5, 0.6) is 0 Å². The standard InChI is InChI=1S/C22H23ClN2O2S/c1-16-9-11-17(12-10-16)28(26,27)25-15-13-19-18-6-2-3-7-20(18)24-22(19)21(25)8-4-5-14-23/h2-3,6-12,24H,4-5,13-15H2,1H3/b21-8-. The topological polar surface area (TPSA) is 53.2 Å². The van der Waals surface area contributed by atoms with Gasteiger partial charge in [0.1, 0.15) is 0 Å². The molecule has 0 fully saturated rings. The predicted octanol–water partition coefficient (Wildman–Crippen LogP) is 5.08. The van der Waals surface area contributed by atoms with Crippen molar-refractivity contribution in [1.29, 1.82) is 0 Å². The number of para-hydroxylation sites is 1. The monoisotopic (exact) mass is 414 g/mol. The zero-order chi connectivity index (χ0) is 19.7.